The molecule has 2 atom stereocenters. The minimum atomic E-state index is -1.03. The fourth-order valence-electron chi connectivity index (χ4n) is 1.77. The van der Waals surface area contributed by atoms with Crippen LogP contribution in [0, 0.1) is 0 Å². The molecule has 5 heteroatoms. The summed E-state index contributed by atoms with van der Waals surface area (Å²) in [6, 6.07) is 7.37. The molecule has 1 aliphatic heterocycles. The van der Waals surface area contributed by atoms with Crippen molar-refractivity contribution < 1.29 is 13.2 Å². The predicted molar refractivity (Wildman–Crippen MR) is 66.4 cm³/mol. The second-order valence-corrected chi connectivity index (χ2v) is 7.21. The molecule has 1 aromatic carbocycles. The quantitative estimate of drug-likeness (QED) is 0.809. The Balaban J connectivity index is 2.33. The van der Waals surface area contributed by atoms with Gasteiger partial charge < -0.3 is 4.74 Å². The maximum Gasteiger partial charge on any atom is 0.135 e. The van der Waals surface area contributed by atoms with Gasteiger partial charge in [0.2, 0.25) is 0 Å². The Morgan fingerprint density at radius 3 is 2.56 bits per heavy atom. The maximum absolute atomic E-state index is 11.9. The highest BCUT2D eigenvalue weighted by Gasteiger charge is 2.29. The molecule has 0 aromatic heterocycles. The molecule has 2 rings (SSSR count). The molecule has 0 amide bonds. The second-order valence-electron chi connectivity index (χ2n) is 3.63. The summed E-state index contributed by atoms with van der Waals surface area (Å²) in [4.78, 5) is 0. The van der Waals surface area contributed by atoms with Crippen LogP contribution in [0.15, 0.2) is 24.3 Å². The van der Waals surface area contributed by atoms with Crippen molar-refractivity contribution in [1.82, 2.24) is 0 Å². The van der Waals surface area contributed by atoms with Crippen LogP contribution in [0.4, 0.5) is 0 Å². The molecule has 16 heavy (non-hydrogen) atoms. The van der Waals surface area contributed by atoms with Crippen molar-refractivity contribution in [3.05, 3.63) is 29.8 Å². The van der Waals surface area contributed by atoms with E-state index in [4.69, 9.17) is 4.74 Å². The van der Waals surface area contributed by atoms with Crippen molar-refractivity contribution >= 4 is 21.6 Å². The molecule has 2 unspecified atom stereocenters. The van der Waals surface area contributed by atoms with Crippen LogP contribution in [-0.4, -0.2) is 27.0 Å². The van der Waals surface area contributed by atoms with E-state index in [2.05, 4.69) is 0 Å². The molecule has 1 aliphatic rings. The van der Waals surface area contributed by atoms with Gasteiger partial charge in [-0.15, -0.1) is 0 Å². The highest BCUT2D eigenvalue weighted by molar-refractivity contribution is 8.02. The molecule has 0 aliphatic carbocycles. The molecule has 3 nitrogen and oxygen atoms in total. The molecule has 0 spiro atoms. The van der Waals surface area contributed by atoms with Gasteiger partial charge in [-0.2, -0.15) is 0 Å². The van der Waals surface area contributed by atoms with Crippen LogP contribution in [0.5, 0.6) is 5.75 Å². The van der Waals surface area contributed by atoms with Gasteiger partial charge in [0.05, 0.1) is 7.11 Å². The van der Waals surface area contributed by atoms with Gasteiger partial charge >= 0.3 is 0 Å². The second kappa shape index (κ2) is 5.10. The average molecular weight is 258 g/mol. The van der Waals surface area contributed by atoms with E-state index in [1.807, 2.05) is 24.3 Å². The predicted octanol–water partition coefficient (Wildman–Crippen LogP) is 1.59. The topological polar surface area (TPSA) is 43.4 Å². The van der Waals surface area contributed by atoms with Crippen LogP contribution in [0.3, 0.4) is 0 Å². The lowest BCUT2D eigenvalue weighted by Crippen LogP contribution is -2.23. The molecule has 1 saturated heterocycles. The molecule has 88 valence electrons. The summed E-state index contributed by atoms with van der Waals surface area (Å²) in [7, 11) is -0.459. The highest BCUT2D eigenvalue weighted by Crippen LogP contribution is 2.30. The van der Waals surface area contributed by atoms with Gasteiger partial charge in [0.1, 0.15) is 10.3 Å². The van der Waals surface area contributed by atoms with Crippen LogP contribution in [0.1, 0.15) is 16.6 Å². The number of hydrogen-bond donors (Lipinski definition) is 0. The molecule has 0 radical (unpaired) electrons. The third kappa shape index (κ3) is 2.35. The van der Waals surface area contributed by atoms with Gasteiger partial charge in [0.15, 0.2) is 0 Å². The minimum absolute atomic E-state index is 0.344. The van der Waals surface area contributed by atoms with Crippen LogP contribution in [0.2, 0.25) is 0 Å². The smallest absolute Gasteiger partial charge is 0.135 e. The van der Waals surface area contributed by atoms with E-state index in [1.54, 1.807) is 7.11 Å². The Kier molecular flexibility index (Phi) is 3.76. The maximum atomic E-state index is 11.9. The van der Waals surface area contributed by atoms with Gasteiger partial charge in [0, 0.05) is 33.1 Å². The lowest BCUT2D eigenvalue weighted by atomic mass is 10.2. The summed E-state index contributed by atoms with van der Waals surface area (Å²) in [5, 5.41) is 0. The van der Waals surface area contributed by atoms with E-state index >= 15 is 0 Å². The number of methoxy groups -OCH3 is 1. The first-order valence-corrected chi connectivity index (χ1v) is 7.87. The van der Waals surface area contributed by atoms with Crippen molar-refractivity contribution in [2.24, 2.45) is 0 Å². The largest absolute Gasteiger partial charge is 0.497 e. The van der Waals surface area contributed by atoms with E-state index in [9.17, 15) is 8.42 Å². The average Bonchev–Trinajstić information content (AvgIpc) is 2.29. The molecule has 1 aromatic rings. The molecular formula is C11H14O3S2. The normalized spacial score (nSPS) is 29.9. The van der Waals surface area contributed by atoms with Gasteiger partial charge in [-0.1, -0.05) is 12.1 Å². The fraction of sp³-hybridized carbons (Fsp3) is 0.455. The highest BCUT2D eigenvalue weighted by atomic mass is 32.2. The van der Waals surface area contributed by atoms with Crippen LogP contribution >= 0.6 is 0 Å². The number of ether oxygens (including phenoxy) is 1. The number of hydrogen-bond acceptors (Lipinski definition) is 3. The minimum Gasteiger partial charge on any atom is -0.497 e. The van der Waals surface area contributed by atoms with Crippen LogP contribution in [0.25, 0.3) is 0 Å². The van der Waals surface area contributed by atoms with Gasteiger partial charge in [-0.05, 0) is 24.1 Å². The van der Waals surface area contributed by atoms with Crippen molar-refractivity contribution in [2.45, 2.75) is 11.0 Å². The molecule has 1 fully saturated rings. The lowest BCUT2D eigenvalue weighted by Gasteiger charge is -2.21. The third-order valence-corrected chi connectivity index (χ3v) is 6.70. The molecule has 0 N–H and O–H groups in total. The zero-order valence-corrected chi connectivity index (χ0v) is 10.7. The Labute approximate surface area is 100 Å². The number of benzene rings is 1. The van der Waals surface area contributed by atoms with Gasteiger partial charge in [0.25, 0.3) is 0 Å². The Morgan fingerprint density at radius 1 is 1.25 bits per heavy atom. The summed E-state index contributed by atoms with van der Waals surface area (Å²) >= 11 is 0. The van der Waals surface area contributed by atoms with E-state index in [-0.39, 0.29) is 4.58 Å². The first-order valence-electron chi connectivity index (χ1n) is 5.10. The van der Waals surface area contributed by atoms with E-state index < -0.39 is 21.6 Å². The monoisotopic (exact) mass is 258 g/mol. The molecule has 1 heterocycles. The standard InChI is InChI=1S/C11H14O3S2/c1-14-10-5-2-4-9(8-10)11-15(12)6-3-7-16(11)13/h2,4-5,8,11H,3,6-7H2,1H3. The summed E-state index contributed by atoms with van der Waals surface area (Å²) in [5.74, 6) is 2.01. The summed E-state index contributed by atoms with van der Waals surface area (Å²) in [6.45, 7) is 0. The SMILES string of the molecule is COc1cccc(C2S(=O)CCCS2=O)c1. The van der Waals surface area contributed by atoms with Crippen LogP contribution in [-0.2, 0) is 21.6 Å². The molecular weight excluding hydrogens is 244 g/mol. The fourth-order valence-corrected chi connectivity index (χ4v) is 5.67. The zero-order valence-electron chi connectivity index (χ0n) is 9.05. The van der Waals surface area contributed by atoms with Crippen molar-refractivity contribution in [3.8, 4) is 5.75 Å². The summed E-state index contributed by atoms with van der Waals surface area (Å²) in [5.41, 5.74) is 0.857. The first-order chi connectivity index (χ1) is 7.72. The van der Waals surface area contributed by atoms with E-state index in [0.717, 1.165) is 17.7 Å². The van der Waals surface area contributed by atoms with Gasteiger partial charge in [-0.25, -0.2) is 0 Å². The number of rotatable bonds is 2. The van der Waals surface area contributed by atoms with Gasteiger partial charge in [-0.3, -0.25) is 8.42 Å². The third-order valence-electron chi connectivity index (χ3n) is 2.53. The summed E-state index contributed by atoms with van der Waals surface area (Å²) in [6.07, 6.45) is 0.791. The van der Waals surface area contributed by atoms with Crippen molar-refractivity contribution in [1.29, 1.82) is 0 Å². The first kappa shape index (κ1) is 11.8. The lowest BCUT2D eigenvalue weighted by molar-refractivity contribution is 0.414. The van der Waals surface area contributed by atoms with E-state index in [1.165, 1.54) is 0 Å². The Hall–Kier alpha value is -0.680. The van der Waals surface area contributed by atoms with Crippen molar-refractivity contribution in [2.75, 3.05) is 18.6 Å². The van der Waals surface area contributed by atoms with Crippen molar-refractivity contribution in [3.63, 3.8) is 0 Å². The molecule has 0 saturated carbocycles. The zero-order chi connectivity index (χ0) is 11.5. The van der Waals surface area contributed by atoms with E-state index in [0.29, 0.717) is 11.5 Å². The summed E-state index contributed by atoms with van der Waals surface area (Å²) < 4.78 is 28.5. The molecule has 0 bridgehead atoms. The Bertz CT molecular complexity index is 415. The Morgan fingerprint density at radius 2 is 1.94 bits per heavy atom. The van der Waals surface area contributed by atoms with Crippen LogP contribution < -0.4 is 4.74 Å².